The third-order valence-corrected chi connectivity index (χ3v) is 9.63. The molecule has 0 aliphatic carbocycles. The van der Waals surface area contributed by atoms with Gasteiger partial charge >= 0.3 is 0 Å². The van der Waals surface area contributed by atoms with E-state index >= 15 is 0 Å². The molecule has 0 bridgehead atoms. The lowest BCUT2D eigenvalue weighted by atomic mass is 9.99. The zero-order valence-electron chi connectivity index (χ0n) is 25.3. The van der Waals surface area contributed by atoms with Crippen molar-refractivity contribution in [2.24, 2.45) is 0 Å². The first-order chi connectivity index (χ1) is 22.3. The van der Waals surface area contributed by atoms with E-state index in [0.29, 0.717) is 24.2 Å². The average molecular weight is 734 g/mol. The van der Waals surface area contributed by atoms with Gasteiger partial charge in [-0.15, -0.1) is 0 Å². The van der Waals surface area contributed by atoms with Crippen molar-refractivity contribution in [2.75, 3.05) is 13.1 Å². The van der Waals surface area contributed by atoms with Crippen LogP contribution >= 0.6 is 31.9 Å². The first kappa shape index (κ1) is 30.3. The largest absolute Gasteiger partial charge is 0.332 e. The maximum absolute atomic E-state index is 14.3. The van der Waals surface area contributed by atoms with Crippen LogP contribution in [0.1, 0.15) is 34.6 Å². The van der Waals surface area contributed by atoms with Crippen molar-refractivity contribution in [1.29, 1.82) is 0 Å². The zero-order chi connectivity index (χ0) is 31.9. The van der Waals surface area contributed by atoms with Gasteiger partial charge in [0.2, 0.25) is 0 Å². The highest BCUT2D eigenvalue weighted by Crippen LogP contribution is 2.31. The number of hydrogen-bond donors (Lipinski definition) is 0. The summed E-state index contributed by atoms with van der Waals surface area (Å²) in [7, 11) is 0. The summed E-state index contributed by atoms with van der Waals surface area (Å²) in [6.45, 7) is 4.85. The van der Waals surface area contributed by atoms with E-state index in [0.717, 1.165) is 53.3 Å². The molecule has 2 atom stereocenters. The highest BCUT2D eigenvalue weighted by molar-refractivity contribution is 9.10. The van der Waals surface area contributed by atoms with Crippen LogP contribution in [0.15, 0.2) is 118 Å². The first-order valence-electron chi connectivity index (χ1n) is 15.2. The summed E-state index contributed by atoms with van der Waals surface area (Å²) in [5, 5.41) is 1.63. The molecule has 0 N–H and O–H groups in total. The molecule has 1 fully saturated rings. The number of halogens is 2. The Balaban J connectivity index is 1.21. The highest BCUT2D eigenvalue weighted by Gasteiger charge is 2.36. The number of amides is 2. The highest BCUT2D eigenvalue weighted by atomic mass is 79.9. The van der Waals surface area contributed by atoms with Gasteiger partial charge in [-0.3, -0.25) is 9.59 Å². The number of rotatable bonds is 4. The Labute approximate surface area is 284 Å². The SMILES string of the molecule is CC1CN(C(=O)c2cc(-c3cccc(Br)c3)nc3ccccc23)C(C)CN1C(=O)c1cc(-c2cccc(Br)c2)nc2ccccc12. The molecule has 4 aromatic carbocycles. The van der Waals surface area contributed by atoms with Crippen LogP contribution in [0, 0.1) is 0 Å². The molecule has 1 aliphatic heterocycles. The van der Waals surface area contributed by atoms with Gasteiger partial charge in [0.15, 0.2) is 0 Å². The lowest BCUT2D eigenvalue weighted by molar-refractivity contribution is 0.0272. The van der Waals surface area contributed by atoms with E-state index in [1.54, 1.807) is 0 Å². The molecule has 0 saturated carbocycles. The van der Waals surface area contributed by atoms with Crippen molar-refractivity contribution in [1.82, 2.24) is 19.8 Å². The molecule has 3 heterocycles. The Hall–Kier alpha value is -4.40. The number of para-hydroxylation sites is 2. The number of piperazine rings is 1. The van der Waals surface area contributed by atoms with Gasteiger partial charge in [-0.25, -0.2) is 9.97 Å². The molecular weight excluding hydrogens is 704 g/mol. The van der Waals surface area contributed by atoms with Crippen molar-refractivity contribution in [3.8, 4) is 22.5 Å². The fourth-order valence-electron chi connectivity index (χ4n) is 6.30. The molecule has 2 amide bonds. The third kappa shape index (κ3) is 5.72. The molecule has 1 aliphatic rings. The summed E-state index contributed by atoms with van der Waals surface area (Å²) in [6, 6.07) is 34.8. The van der Waals surface area contributed by atoms with E-state index in [2.05, 4.69) is 31.9 Å². The van der Waals surface area contributed by atoms with E-state index < -0.39 is 0 Å². The number of nitrogens with zero attached hydrogens (tertiary/aromatic N) is 4. The molecule has 7 rings (SSSR count). The second-order valence-corrected chi connectivity index (χ2v) is 13.6. The molecule has 6 aromatic rings. The van der Waals surface area contributed by atoms with Crippen LogP contribution in [0.3, 0.4) is 0 Å². The van der Waals surface area contributed by atoms with Crippen molar-refractivity contribution < 1.29 is 9.59 Å². The van der Waals surface area contributed by atoms with Gasteiger partial charge in [0.25, 0.3) is 11.8 Å². The maximum atomic E-state index is 14.3. The van der Waals surface area contributed by atoms with Crippen LogP contribution in [0.25, 0.3) is 44.3 Å². The van der Waals surface area contributed by atoms with Gasteiger partial charge in [0, 0.05) is 56.0 Å². The van der Waals surface area contributed by atoms with Crippen LogP contribution in [0.2, 0.25) is 0 Å². The normalized spacial score (nSPS) is 16.6. The summed E-state index contributed by atoms with van der Waals surface area (Å²) in [5.41, 5.74) is 6.09. The lowest BCUT2D eigenvalue weighted by Gasteiger charge is -2.44. The summed E-state index contributed by atoms with van der Waals surface area (Å²) >= 11 is 7.12. The summed E-state index contributed by atoms with van der Waals surface area (Å²) in [6.07, 6.45) is 0. The summed E-state index contributed by atoms with van der Waals surface area (Å²) in [4.78, 5) is 42.3. The molecule has 2 aromatic heterocycles. The fraction of sp³-hybridized carbons (Fsp3) is 0.158. The predicted molar refractivity (Wildman–Crippen MR) is 191 cm³/mol. The number of pyridine rings is 2. The van der Waals surface area contributed by atoms with E-state index in [9.17, 15) is 9.59 Å². The second kappa shape index (κ2) is 12.4. The Kier molecular flexibility index (Phi) is 8.17. The van der Waals surface area contributed by atoms with Crippen molar-refractivity contribution in [2.45, 2.75) is 25.9 Å². The molecule has 0 radical (unpaired) electrons. The van der Waals surface area contributed by atoms with Crippen molar-refractivity contribution in [3.05, 3.63) is 129 Å². The number of fused-ring (bicyclic) bond motifs is 2. The number of carbonyl (C=O) groups excluding carboxylic acids is 2. The van der Waals surface area contributed by atoms with Gasteiger partial charge in [-0.05, 0) is 62.4 Å². The van der Waals surface area contributed by atoms with E-state index in [1.807, 2.05) is 133 Å². The maximum Gasteiger partial charge on any atom is 0.254 e. The zero-order valence-corrected chi connectivity index (χ0v) is 28.5. The predicted octanol–water partition coefficient (Wildman–Crippen LogP) is 9.02. The van der Waals surface area contributed by atoms with E-state index in [4.69, 9.17) is 9.97 Å². The number of aromatic nitrogens is 2. The minimum absolute atomic E-state index is 0.0624. The third-order valence-electron chi connectivity index (χ3n) is 8.64. The van der Waals surface area contributed by atoms with Gasteiger partial charge in [0.1, 0.15) is 0 Å². The number of carbonyl (C=O) groups is 2. The van der Waals surface area contributed by atoms with Gasteiger partial charge < -0.3 is 9.80 Å². The molecule has 228 valence electrons. The molecule has 1 saturated heterocycles. The van der Waals surface area contributed by atoms with Crippen molar-refractivity contribution >= 4 is 65.5 Å². The molecule has 0 spiro atoms. The van der Waals surface area contributed by atoms with Crippen LogP contribution in [0.4, 0.5) is 0 Å². The molecular formula is C38H30Br2N4O2. The Morgan fingerprint density at radius 1 is 0.587 bits per heavy atom. The standard InChI is InChI=1S/C38H30Br2N4O2/c1-23-21-44(38(46)32-20-36(26-10-8-12-28(40)18-26)42-34-16-6-4-14-30(32)34)24(2)22-43(23)37(45)31-19-35(25-9-7-11-27(39)17-25)41-33-15-5-3-13-29(31)33/h3-20,23-24H,21-22H2,1-2H3. The van der Waals surface area contributed by atoms with Crippen molar-refractivity contribution in [3.63, 3.8) is 0 Å². The van der Waals surface area contributed by atoms with Crippen LogP contribution in [-0.4, -0.2) is 56.8 Å². The monoisotopic (exact) mass is 732 g/mol. The van der Waals surface area contributed by atoms with Crippen LogP contribution < -0.4 is 0 Å². The summed E-state index contributed by atoms with van der Waals surface area (Å²) < 4.78 is 1.89. The van der Waals surface area contributed by atoms with Gasteiger partial charge in [0.05, 0.1) is 33.5 Å². The first-order valence-corrected chi connectivity index (χ1v) is 16.8. The fourth-order valence-corrected chi connectivity index (χ4v) is 7.10. The number of hydrogen-bond acceptors (Lipinski definition) is 4. The lowest BCUT2D eigenvalue weighted by Crippen LogP contribution is -2.59. The van der Waals surface area contributed by atoms with E-state index in [1.165, 1.54) is 0 Å². The van der Waals surface area contributed by atoms with E-state index in [-0.39, 0.29) is 23.9 Å². The molecule has 2 unspecified atom stereocenters. The minimum Gasteiger partial charge on any atom is -0.332 e. The second-order valence-electron chi connectivity index (χ2n) is 11.8. The van der Waals surface area contributed by atoms with Gasteiger partial charge in [-0.1, -0.05) is 92.5 Å². The minimum atomic E-state index is -0.202. The quantitative estimate of drug-likeness (QED) is 0.181. The Morgan fingerprint density at radius 3 is 1.41 bits per heavy atom. The summed E-state index contributed by atoms with van der Waals surface area (Å²) in [5.74, 6) is -0.125. The van der Waals surface area contributed by atoms with Gasteiger partial charge in [-0.2, -0.15) is 0 Å². The topological polar surface area (TPSA) is 66.4 Å². The van der Waals surface area contributed by atoms with Crippen LogP contribution in [-0.2, 0) is 0 Å². The average Bonchev–Trinajstić information content (AvgIpc) is 3.07. The molecule has 8 heteroatoms. The molecule has 46 heavy (non-hydrogen) atoms. The Bertz CT molecular complexity index is 2000. The Morgan fingerprint density at radius 2 is 1.00 bits per heavy atom. The molecule has 6 nitrogen and oxygen atoms in total. The van der Waals surface area contributed by atoms with Crippen LogP contribution in [0.5, 0.6) is 0 Å². The smallest absolute Gasteiger partial charge is 0.254 e. The number of benzene rings is 4.